The first-order chi connectivity index (χ1) is 9.08. The summed E-state index contributed by atoms with van der Waals surface area (Å²) in [6, 6.07) is 5.80. The highest BCUT2D eigenvalue weighted by Gasteiger charge is 2.35. The summed E-state index contributed by atoms with van der Waals surface area (Å²) in [4.78, 5) is 0. The summed E-state index contributed by atoms with van der Waals surface area (Å²) in [5, 5.41) is 4.64. The fourth-order valence-electron chi connectivity index (χ4n) is 2.27. The largest absolute Gasteiger partial charge is 0.378 e. The van der Waals surface area contributed by atoms with Gasteiger partial charge in [0.15, 0.2) is 0 Å². The third-order valence-corrected chi connectivity index (χ3v) is 4.51. The third kappa shape index (κ3) is 3.41. The van der Waals surface area contributed by atoms with Crippen LogP contribution in [0.3, 0.4) is 0 Å². The summed E-state index contributed by atoms with van der Waals surface area (Å²) in [6.07, 6.45) is 0.909. The molecule has 106 valence electrons. The summed E-state index contributed by atoms with van der Waals surface area (Å²) >= 11 is 12.3. The van der Waals surface area contributed by atoms with E-state index in [2.05, 4.69) is 12.2 Å². The molecule has 0 aromatic heterocycles. The van der Waals surface area contributed by atoms with Gasteiger partial charge < -0.3 is 14.8 Å². The van der Waals surface area contributed by atoms with Gasteiger partial charge in [0.1, 0.15) is 5.60 Å². The molecule has 2 rings (SSSR count). The lowest BCUT2D eigenvalue weighted by molar-refractivity contribution is -0.0172. The molecule has 1 heterocycles. The van der Waals surface area contributed by atoms with E-state index in [0.717, 1.165) is 25.1 Å². The molecule has 0 radical (unpaired) electrons. The smallest absolute Gasteiger partial charge is 0.106 e. The fourth-order valence-corrected chi connectivity index (χ4v) is 2.74. The Balaban J connectivity index is 2.01. The summed E-state index contributed by atoms with van der Waals surface area (Å²) in [7, 11) is 1.73. The number of hydrogen-bond donors (Lipinski definition) is 1. The Morgan fingerprint density at radius 1 is 1.47 bits per heavy atom. The lowest BCUT2D eigenvalue weighted by atomic mass is 10.0. The minimum Gasteiger partial charge on any atom is -0.378 e. The van der Waals surface area contributed by atoms with Gasteiger partial charge in [-0.3, -0.25) is 0 Å². The van der Waals surface area contributed by atoms with E-state index in [1.807, 2.05) is 12.1 Å². The molecule has 1 aliphatic rings. The summed E-state index contributed by atoms with van der Waals surface area (Å²) < 4.78 is 11.0. The average Bonchev–Trinajstić information content (AvgIpc) is 2.89. The van der Waals surface area contributed by atoms with Crippen LogP contribution in [0.25, 0.3) is 0 Å². The van der Waals surface area contributed by atoms with Crippen molar-refractivity contribution in [2.24, 2.45) is 0 Å². The highest BCUT2D eigenvalue weighted by atomic mass is 35.5. The van der Waals surface area contributed by atoms with Crippen molar-refractivity contribution in [1.82, 2.24) is 5.32 Å². The number of methoxy groups -OCH3 is 1. The quantitative estimate of drug-likeness (QED) is 0.904. The Bertz CT molecular complexity index is 433. The number of benzene rings is 1. The minimum absolute atomic E-state index is 0.110. The fraction of sp³-hybridized carbons (Fsp3) is 0.571. The molecule has 0 bridgehead atoms. The van der Waals surface area contributed by atoms with Gasteiger partial charge >= 0.3 is 0 Å². The molecule has 19 heavy (non-hydrogen) atoms. The Labute approximate surface area is 124 Å². The van der Waals surface area contributed by atoms with Gasteiger partial charge in [-0.1, -0.05) is 35.3 Å². The van der Waals surface area contributed by atoms with Crippen LogP contribution in [-0.2, 0) is 9.47 Å². The van der Waals surface area contributed by atoms with E-state index in [4.69, 9.17) is 32.7 Å². The SMILES string of the molecule is COC1(CNC(C)c2cccc(Cl)c2Cl)CCOC1. The molecule has 3 nitrogen and oxygen atoms in total. The van der Waals surface area contributed by atoms with Crippen molar-refractivity contribution >= 4 is 23.2 Å². The van der Waals surface area contributed by atoms with Crippen LogP contribution in [-0.4, -0.2) is 32.5 Å². The molecule has 0 aliphatic carbocycles. The number of nitrogens with one attached hydrogen (secondary N) is 1. The van der Waals surface area contributed by atoms with Crippen molar-refractivity contribution in [3.05, 3.63) is 33.8 Å². The highest BCUT2D eigenvalue weighted by molar-refractivity contribution is 6.42. The zero-order chi connectivity index (χ0) is 13.9. The molecule has 2 unspecified atom stereocenters. The molecule has 1 aliphatic heterocycles. The zero-order valence-corrected chi connectivity index (χ0v) is 12.7. The monoisotopic (exact) mass is 303 g/mol. The zero-order valence-electron chi connectivity index (χ0n) is 11.2. The van der Waals surface area contributed by atoms with Gasteiger partial charge in [0.25, 0.3) is 0 Å². The van der Waals surface area contributed by atoms with Crippen molar-refractivity contribution in [2.75, 3.05) is 26.9 Å². The molecule has 0 spiro atoms. The van der Waals surface area contributed by atoms with Crippen LogP contribution >= 0.6 is 23.2 Å². The van der Waals surface area contributed by atoms with Crippen LogP contribution in [0.5, 0.6) is 0 Å². The molecular formula is C14H19Cl2NO2. The molecule has 1 aromatic carbocycles. The predicted molar refractivity (Wildman–Crippen MR) is 78.1 cm³/mol. The Morgan fingerprint density at radius 2 is 2.26 bits per heavy atom. The third-order valence-electron chi connectivity index (χ3n) is 3.68. The average molecular weight is 304 g/mol. The van der Waals surface area contributed by atoms with Crippen molar-refractivity contribution in [1.29, 1.82) is 0 Å². The molecule has 1 fully saturated rings. The Hall–Kier alpha value is -0.320. The van der Waals surface area contributed by atoms with Gasteiger partial charge in [-0.15, -0.1) is 0 Å². The predicted octanol–water partition coefficient (Wildman–Crippen LogP) is 3.45. The normalized spacial score (nSPS) is 24.6. The van der Waals surface area contributed by atoms with Gasteiger partial charge in [0, 0.05) is 32.7 Å². The lowest BCUT2D eigenvalue weighted by Gasteiger charge is -2.28. The van der Waals surface area contributed by atoms with Gasteiger partial charge in [0.2, 0.25) is 0 Å². The van der Waals surface area contributed by atoms with Crippen molar-refractivity contribution in [3.63, 3.8) is 0 Å². The molecular weight excluding hydrogens is 285 g/mol. The number of halogens is 2. The number of rotatable bonds is 5. The second kappa shape index (κ2) is 6.42. The van der Waals surface area contributed by atoms with Crippen LogP contribution < -0.4 is 5.32 Å². The first-order valence-electron chi connectivity index (χ1n) is 6.38. The molecule has 1 saturated heterocycles. The Morgan fingerprint density at radius 3 is 2.89 bits per heavy atom. The highest BCUT2D eigenvalue weighted by Crippen LogP contribution is 2.30. The van der Waals surface area contributed by atoms with Gasteiger partial charge in [-0.25, -0.2) is 0 Å². The van der Waals surface area contributed by atoms with E-state index in [1.165, 1.54) is 0 Å². The number of hydrogen-bond acceptors (Lipinski definition) is 3. The lowest BCUT2D eigenvalue weighted by Crippen LogP contribution is -2.43. The molecule has 5 heteroatoms. The van der Waals surface area contributed by atoms with E-state index < -0.39 is 0 Å². The first kappa shape index (κ1) is 15.1. The maximum atomic E-state index is 6.22. The maximum absolute atomic E-state index is 6.22. The van der Waals surface area contributed by atoms with Crippen molar-refractivity contribution in [2.45, 2.75) is 25.0 Å². The van der Waals surface area contributed by atoms with Gasteiger partial charge in [-0.2, -0.15) is 0 Å². The van der Waals surface area contributed by atoms with Crippen molar-refractivity contribution in [3.8, 4) is 0 Å². The topological polar surface area (TPSA) is 30.5 Å². The van der Waals surface area contributed by atoms with E-state index in [9.17, 15) is 0 Å². The van der Waals surface area contributed by atoms with E-state index >= 15 is 0 Å². The van der Waals surface area contributed by atoms with Gasteiger partial charge in [-0.05, 0) is 18.6 Å². The van der Waals surface area contributed by atoms with Gasteiger partial charge in [0.05, 0.1) is 16.7 Å². The van der Waals surface area contributed by atoms with Crippen LogP contribution in [0.4, 0.5) is 0 Å². The van der Waals surface area contributed by atoms with E-state index in [-0.39, 0.29) is 11.6 Å². The molecule has 1 N–H and O–H groups in total. The summed E-state index contributed by atoms with van der Waals surface area (Å²) in [5.41, 5.74) is 0.776. The van der Waals surface area contributed by atoms with Crippen LogP contribution in [0, 0.1) is 0 Å². The maximum Gasteiger partial charge on any atom is 0.106 e. The number of ether oxygens (including phenoxy) is 2. The van der Waals surface area contributed by atoms with Crippen molar-refractivity contribution < 1.29 is 9.47 Å². The molecule has 2 atom stereocenters. The van der Waals surface area contributed by atoms with Crippen LogP contribution in [0.2, 0.25) is 10.0 Å². The van der Waals surface area contributed by atoms with Crippen LogP contribution in [0.1, 0.15) is 24.9 Å². The molecule has 1 aromatic rings. The van der Waals surface area contributed by atoms with Crippen LogP contribution in [0.15, 0.2) is 18.2 Å². The second-order valence-corrected chi connectivity index (χ2v) is 5.72. The first-order valence-corrected chi connectivity index (χ1v) is 7.14. The standard InChI is InChI=1S/C14H19Cl2NO2/c1-10(11-4-3-5-12(15)13(11)16)17-8-14(18-2)6-7-19-9-14/h3-5,10,17H,6-9H2,1-2H3. The van der Waals surface area contributed by atoms with E-state index in [0.29, 0.717) is 16.7 Å². The summed E-state index contributed by atoms with van der Waals surface area (Å²) in [5.74, 6) is 0. The van der Waals surface area contributed by atoms with E-state index in [1.54, 1.807) is 13.2 Å². The summed E-state index contributed by atoms with van der Waals surface area (Å²) in [6.45, 7) is 4.18. The second-order valence-electron chi connectivity index (χ2n) is 4.94. The molecule has 0 amide bonds. The molecule has 0 saturated carbocycles. The Kier molecular flexibility index (Phi) is 5.09. The minimum atomic E-state index is -0.223.